The molecular formula is C11H9BrF2O3. The Kier molecular flexibility index (Phi) is 4.62. The van der Waals surface area contributed by atoms with Gasteiger partial charge in [-0.15, -0.1) is 0 Å². The molecule has 0 aliphatic heterocycles. The zero-order valence-electron chi connectivity index (χ0n) is 8.78. The number of ether oxygens (including phenoxy) is 1. The molecular weight excluding hydrogens is 298 g/mol. The summed E-state index contributed by atoms with van der Waals surface area (Å²) in [5.41, 5.74) is 0. The fraction of sp³-hybridized carbons (Fsp3) is 0.182. The first-order valence-corrected chi connectivity index (χ1v) is 5.41. The van der Waals surface area contributed by atoms with Crippen molar-refractivity contribution in [1.82, 2.24) is 0 Å². The Morgan fingerprint density at radius 3 is 2.47 bits per heavy atom. The van der Waals surface area contributed by atoms with Crippen molar-refractivity contribution < 1.29 is 23.4 Å². The highest BCUT2D eigenvalue weighted by atomic mass is 79.9. The second-order valence-electron chi connectivity index (χ2n) is 3.22. The van der Waals surface area contributed by atoms with E-state index >= 15 is 0 Å². The van der Waals surface area contributed by atoms with Crippen LogP contribution in [0.2, 0.25) is 0 Å². The summed E-state index contributed by atoms with van der Waals surface area (Å²) in [6.07, 6.45) is 1.28. The zero-order chi connectivity index (χ0) is 13.0. The first-order chi connectivity index (χ1) is 7.90. The molecule has 0 aromatic heterocycles. The van der Waals surface area contributed by atoms with Crippen molar-refractivity contribution in [2.24, 2.45) is 0 Å². The number of halogens is 3. The molecule has 3 nitrogen and oxygen atoms in total. The molecule has 0 unspecified atom stereocenters. The molecule has 0 saturated carbocycles. The van der Waals surface area contributed by atoms with Crippen molar-refractivity contribution in [3.63, 3.8) is 0 Å². The molecule has 1 aromatic rings. The minimum Gasteiger partial charge on any atom is -0.481 e. The van der Waals surface area contributed by atoms with E-state index in [2.05, 4.69) is 15.9 Å². The Morgan fingerprint density at radius 2 is 2.00 bits per heavy atom. The topological polar surface area (TPSA) is 46.5 Å². The van der Waals surface area contributed by atoms with Gasteiger partial charge in [-0.2, -0.15) is 0 Å². The number of carboxylic acids is 1. The number of hydrogen-bond donors (Lipinski definition) is 1. The maximum Gasteiger partial charge on any atom is 0.328 e. The van der Waals surface area contributed by atoms with Gasteiger partial charge in [0, 0.05) is 10.5 Å². The van der Waals surface area contributed by atoms with Crippen LogP contribution in [0.3, 0.4) is 0 Å². The quantitative estimate of drug-likeness (QED) is 0.869. The van der Waals surface area contributed by atoms with E-state index in [1.54, 1.807) is 0 Å². The van der Waals surface area contributed by atoms with Gasteiger partial charge in [-0.3, -0.25) is 0 Å². The van der Waals surface area contributed by atoms with Crippen LogP contribution >= 0.6 is 15.9 Å². The first-order valence-electron chi connectivity index (χ1n) is 4.62. The lowest BCUT2D eigenvalue weighted by Crippen LogP contribution is -2.11. The molecule has 1 atom stereocenters. The highest BCUT2D eigenvalue weighted by Gasteiger charge is 2.13. The van der Waals surface area contributed by atoms with Crippen molar-refractivity contribution in [3.05, 3.63) is 40.4 Å². The SMILES string of the molecule is C[C@H](/C=C\C(=O)O)Oc1c(F)cc(Br)cc1F. The highest BCUT2D eigenvalue weighted by molar-refractivity contribution is 9.10. The lowest BCUT2D eigenvalue weighted by molar-refractivity contribution is -0.131. The maximum atomic E-state index is 13.3. The van der Waals surface area contributed by atoms with E-state index in [0.29, 0.717) is 0 Å². The standard InChI is InChI=1S/C11H9BrF2O3/c1-6(2-3-10(15)16)17-11-8(13)4-7(12)5-9(11)14/h2-6H,1H3,(H,15,16)/b3-2-/t6-/m1/s1. The molecule has 0 heterocycles. The molecule has 0 fully saturated rings. The number of rotatable bonds is 4. The number of carboxylic acid groups (broad SMARTS) is 1. The van der Waals surface area contributed by atoms with Crippen molar-refractivity contribution in [1.29, 1.82) is 0 Å². The van der Waals surface area contributed by atoms with Crippen LogP contribution in [-0.4, -0.2) is 17.2 Å². The van der Waals surface area contributed by atoms with Crippen molar-refractivity contribution in [3.8, 4) is 5.75 Å². The smallest absolute Gasteiger partial charge is 0.328 e. The predicted molar refractivity (Wildman–Crippen MR) is 60.9 cm³/mol. The van der Waals surface area contributed by atoms with Gasteiger partial charge in [0.25, 0.3) is 0 Å². The van der Waals surface area contributed by atoms with Crippen LogP contribution in [0.25, 0.3) is 0 Å². The summed E-state index contributed by atoms with van der Waals surface area (Å²) in [5.74, 6) is -3.40. The summed E-state index contributed by atoms with van der Waals surface area (Å²) in [4.78, 5) is 10.2. The third-order valence-corrected chi connectivity index (χ3v) is 2.23. The largest absolute Gasteiger partial charge is 0.481 e. The second-order valence-corrected chi connectivity index (χ2v) is 4.13. The Bertz CT molecular complexity index is 437. The van der Waals surface area contributed by atoms with E-state index in [4.69, 9.17) is 9.84 Å². The summed E-state index contributed by atoms with van der Waals surface area (Å²) in [6, 6.07) is 2.12. The average molecular weight is 307 g/mol. The number of hydrogen-bond acceptors (Lipinski definition) is 2. The van der Waals surface area contributed by atoms with Gasteiger partial charge in [0.2, 0.25) is 0 Å². The Labute approximate surface area is 105 Å². The van der Waals surface area contributed by atoms with Crippen LogP contribution in [0.1, 0.15) is 6.92 Å². The molecule has 92 valence electrons. The zero-order valence-corrected chi connectivity index (χ0v) is 10.4. The molecule has 0 bridgehead atoms. The number of benzene rings is 1. The Balaban J connectivity index is 2.85. The van der Waals surface area contributed by atoms with Crippen molar-refractivity contribution in [2.45, 2.75) is 13.0 Å². The maximum absolute atomic E-state index is 13.3. The van der Waals surface area contributed by atoms with E-state index in [9.17, 15) is 13.6 Å². The van der Waals surface area contributed by atoms with Gasteiger partial charge in [0.05, 0.1) is 0 Å². The van der Waals surface area contributed by atoms with Gasteiger partial charge in [0.1, 0.15) is 6.10 Å². The molecule has 0 amide bonds. The van der Waals surface area contributed by atoms with E-state index < -0.39 is 29.5 Å². The molecule has 0 saturated heterocycles. The molecule has 1 rings (SSSR count). The van der Waals surface area contributed by atoms with E-state index in [1.807, 2.05) is 0 Å². The fourth-order valence-electron chi connectivity index (χ4n) is 1.08. The van der Waals surface area contributed by atoms with E-state index in [1.165, 1.54) is 13.0 Å². The highest BCUT2D eigenvalue weighted by Crippen LogP contribution is 2.26. The van der Waals surface area contributed by atoms with Gasteiger partial charge in [-0.05, 0) is 25.1 Å². The molecule has 6 heteroatoms. The minimum absolute atomic E-state index is 0.258. The molecule has 17 heavy (non-hydrogen) atoms. The summed E-state index contributed by atoms with van der Waals surface area (Å²) >= 11 is 2.94. The number of aliphatic carboxylic acids is 1. The van der Waals surface area contributed by atoms with Crippen LogP contribution in [0.15, 0.2) is 28.8 Å². The van der Waals surface area contributed by atoms with Crippen molar-refractivity contribution >= 4 is 21.9 Å². The average Bonchev–Trinajstić information content (AvgIpc) is 2.20. The van der Waals surface area contributed by atoms with Crippen LogP contribution in [0, 0.1) is 11.6 Å². The van der Waals surface area contributed by atoms with Crippen LogP contribution in [0.5, 0.6) is 5.75 Å². The molecule has 0 aliphatic carbocycles. The normalized spacial score (nSPS) is 12.7. The summed E-state index contributed by atoms with van der Waals surface area (Å²) < 4.78 is 31.9. The van der Waals surface area contributed by atoms with Gasteiger partial charge in [0.15, 0.2) is 17.4 Å². The third-order valence-electron chi connectivity index (χ3n) is 1.78. The van der Waals surface area contributed by atoms with Gasteiger partial charge < -0.3 is 9.84 Å². The van der Waals surface area contributed by atoms with Crippen LogP contribution in [-0.2, 0) is 4.79 Å². The van der Waals surface area contributed by atoms with Crippen LogP contribution in [0.4, 0.5) is 8.78 Å². The van der Waals surface area contributed by atoms with E-state index in [-0.39, 0.29) is 4.47 Å². The summed E-state index contributed by atoms with van der Waals surface area (Å²) in [7, 11) is 0. The molecule has 1 aromatic carbocycles. The molecule has 0 radical (unpaired) electrons. The van der Waals surface area contributed by atoms with Gasteiger partial charge in [-0.1, -0.05) is 15.9 Å². The predicted octanol–water partition coefficient (Wildman–Crippen LogP) is 3.14. The fourth-order valence-corrected chi connectivity index (χ4v) is 1.49. The molecule has 0 aliphatic rings. The summed E-state index contributed by atoms with van der Waals surface area (Å²) in [6.45, 7) is 1.47. The van der Waals surface area contributed by atoms with Gasteiger partial charge in [-0.25, -0.2) is 13.6 Å². The minimum atomic E-state index is -1.16. The lowest BCUT2D eigenvalue weighted by atomic mass is 10.3. The van der Waals surface area contributed by atoms with Gasteiger partial charge >= 0.3 is 5.97 Å². The Morgan fingerprint density at radius 1 is 1.47 bits per heavy atom. The van der Waals surface area contributed by atoms with E-state index in [0.717, 1.165) is 18.2 Å². The van der Waals surface area contributed by atoms with Crippen molar-refractivity contribution in [2.75, 3.05) is 0 Å². The molecule has 0 spiro atoms. The summed E-state index contributed by atoms with van der Waals surface area (Å²) in [5, 5.41) is 8.38. The second kappa shape index (κ2) is 5.77. The number of carbonyl (C=O) groups is 1. The lowest BCUT2D eigenvalue weighted by Gasteiger charge is -2.12. The monoisotopic (exact) mass is 306 g/mol. The van der Waals surface area contributed by atoms with Crippen LogP contribution < -0.4 is 4.74 Å². The first kappa shape index (κ1) is 13.6. The molecule has 1 N–H and O–H groups in total. The Hall–Kier alpha value is -1.43. The third kappa shape index (κ3) is 4.14.